The smallest absolute Gasteiger partial charge is 0.341 e. The molecule has 8 heteroatoms. The lowest BCUT2D eigenvalue weighted by molar-refractivity contribution is -0.117. The van der Waals surface area contributed by atoms with Crippen molar-refractivity contribution in [3.05, 3.63) is 40.0 Å². The Balaban J connectivity index is 1.78. The number of hydrogen-bond acceptors (Lipinski definition) is 6. The van der Waals surface area contributed by atoms with E-state index in [4.69, 9.17) is 4.74 Å². The van der Waals surface area contributed by atoms with Crippen LogP contribution >= 0.6 is 11.3 Å². The zero-order chi connectivity index (χ0) is 21.1. The summed E-state index contributed by atoms with van der Waals surface area (Å²) in [5.41, 5.74) is 2.02. The molecule has 1 atom stereocenters. The summed E-state index contributed by atoms with van der Waals surface area (Å²) >= 11 is 1.13. The van der Waals surface area contributed by atoms with E-state index < -0.39 is 5.97 Å². The minimum absolute atomic E-state index is 0.137. The van der Waals surface area contributed by atoms with E-state index >= 15 is 0 Å². The quantitative estimate of drug-likeness (QED) is 0.550. The normalized spacial score (nSPS) is 16.8. The predicted octanol–water partition coefficient (Wildman–Crippen LogP) is 3.55. The lowest BCUT2D eigenvalue weighted by Crippen LogP contribution is -2.33. The largest absolute Gasteiger partial charge is 0.462 e. The van der Waals surface area contributed by atoms with Crippen molar-refractivity contribution in [2.45, 2.75) is 39.7 Å². The fraction of sp³-hybridized carbons (Fsp3) is 0.476. The topological polar surface area (TPSA) is 80.6 Å². The van der Waals surface area contributed by atoms with Gasteiger partial charge in [-0.2, -0.15) is 0 Å². The monoisotopic (exact) mass is 417 g/mol. The number of anilines is 1. The van der Waals surface area contributed by atoms with Gasteiger partial charge in [0.1, 0.15) is 5.00 Å². The van der Waals surface area contributed by atoms with E-state index in [1.807, 2.05) is 19.3 Å². The van der Waals surface area contributed by atoms with Crippen LogP contribution in [0.4, 0.5) is 5.00 Å². The van der Waals surface area contributed by atoms with Crippen LogP contribution in [0.1, 0.15) is 64.0 Å². The third kappa shape index (κ3) is 4.43. The summed E-state index contributed by atoms with van der Waals surface area (Å²) < 4.78 is 7.21. The van der Waals surface area contributed by atoms with Gasteiger partial charge in [0.2, 0.25) is 5.91 Å². The Morgan fingerprint density at radius 2 is 2.10 bits per heavy atom. The zero-order valence-corrected chi connectivity index (χ0v) is 18.1. The number of likely N-dealkylation sites (tertiary alicyclic amines) is 1. The van der Waals surface area contributed by atoms with Crippen LogP contribution < -0.4 is 5.32 Å². The van der Waals surface area contributed by atoms with Crippen molar-refractivity contribution < 1.29 is 19.1 Å². The van der Waals surface area contributed by atoms with Crippen LogP contribution in [0, 0.1) is 6.92 Å². The van der Waals surface area contributed by atoms with E-state index in [1.165, 1.54) is 12.6 Å². The number of nitrogens with one attached hydrogen (secondary N) is 1. The Labute approximate surface area is 174 Å². The van der Waals surface area contributed by atoms with Gasteiger partial charge in [0, 0.05) is 18.9 Å². The minimum Gasteiger partial charge on any atom is -0.462 e. The lowest BCUT2D eigenvalue weighted by Gasteiger charge is -2.24. The second-order valence-electron chi connectivity index (χ2n) is 7.26. The van der Waals surface area contributed by atoms with Crippen LogP contribution in [0.2, 0.25) is 0 Å². The molecule has 1 fully saturated rings. The number of nitrogens with zero attached hydrogens (tertiary/aromatic N) is 2. The number of esters is 1. The molecule has 0 radical (unpaired) electrons. The van der Waals surface area contributed by atoms with Crippen molar-refractivity contribution in [3.8, 4) is 0 Å². The first-order chi connectivity index (χ1) is 13.8. The Bertz CT molecular complexity index is 931. The van der Waals surface area contributed by atoms with E-state index in [-0.39, 0.29) is 36.4 Å². The van der Waals surface area contributed by atoms with E-state index in [0.29, 0.717) is 15.4 Å². The Morgan fingerprint density at radius 1 is 1.34 bits per heavy atom. The molecule has 0 aromatic carbocycles. The van der Waals surface area contributed by atoms with Crippen molar-refractivity contribution in [2.24, 2.45) is 7.05 Å². The molecular weight excluding hydrogens is 390 g/mol. The Kier molecular flexibility index (Phi) is 6.54. The maximum absolute atomic E-state index is 12.8. The molecule has 1 N–H and O–H groups in total. The first kappa shape index (κ1) is 21.3. The molecule has 156 valence electrons. The van der Waals surface area contributed by atoms with Gasteiger partial charge in [-0.25, -0.2) is 4.79 Å². The molecule has 1 aliphatic rings. The number of thiophene rings is 1. The predicted molar refractivity (Wildman–Crippen MR) is 113 cm³/mol. The average molecular weight is 418 g/mol. The van der Waals surface area contributed by atoms with Crippen LogP contribution in [0.3, 0.4) is 0 Å². The first-order valence-electron chi connectivity index (χ1n) is 9.80. The maximum atomic E-state index is 12.8. The maximum Gasteiger partial charge on any atom is 0.341 e. The molecule has 2 aromatic rings. The third-order valence-electron chi connectivity index (χ3n) is 5.23. The SMILES string of the molecule is CCOC(=O)c1c(NC(=O)CN2CCC[C@H]2c2cccn2C)sc(C(C)=O)c1C. The summed E-state index contributed by atoms with van der Waals surface area (Å²) in [7, 11) is 2.01. The van der Waals surface area contributed by atoms with Crippen molar-refractivity contribution in [2.75, 3.05) is 25.0 Å². The average Bonchev–Trinajstić information content (AvgIpc) is 3.34. The summed E-state index contributed by atoms with van der Waals surface area (Å²) in [5.74, 6) is -0.859. The second kappa shape index (κ2) is 8.92. The number of carbonyl (C=O) groups excluding carboxylic acids is 3. The Hall–Kier alpha value is -2.45. The van der Waals surface area contributed by atoms with E-state index in [9.17, 15) is 14.4 Å². The molecule has 0 aliphatic carbocycles. The van der Waals surface area contributed by atoms with Gasteiger partial charge in [0.15, 0.2) is 5.78 Å². The van der Waals surface area contributed by atoms with Gasteiger partial charge in [-0.05, 0) is 57.9 Å². The summed E-state index contributed by atoms with van der Waals surface area (Å²) in [6.07, 6.45) is 4.05. The van der Waals surface area contributed by atoms with Crippen LogP contribution in [-0.2, 0) is 16.6 Å². The number of rotatable bonds is 7. The van der Waals surface area contributed by atoms with E-state index in [0.717, 1.165) is 30.7 Å². The number of Topliss-reactive ketones (excluding diaryl/α,β-unsaturated/α-hetero) is 1. The number of aryl methyl sites for hydroxylation is 1. The van der Waals surface area contributed by atoms with Gasteiger partial charge in [-0.1, -0.05) is 0 Å². The summed E-state index contributed by atoms with van der Waals surface area (Å²) in [5, 5.41) is 3.23. The fourth-order valence-corrected chi connectivity index (χ4v) is 5.01. The number of amides is 1. The molecule has 1 amide bonds. The van der Waals surface area contributed by atoms with Gasteiger partial charge < -0.3 is 14.6 Å². The molecule has 1 saturated heterocycles. The third-order valence-corrected chi connectivity index (χ3v) is 6.54. The summed E-state index contributed by atoms with van der Waals surface area (Å²) in [4.78, 5) is 39.7. The minimum atomic E-state index is -0.521. The van der Waals surface area contributed by atoms with E-state index in [1.54, 1.807) is 13.8 Å². The van der Waals surface area contributed by atoms with Gasteiger partial charge in [0.05, 0.1) is 29.6 Å². The molecule has 3 heterocycles. The van der Waals surface area contributed by atoms with Gasteiger partial charge >= 0.3 is 5.97 Å². The number of ether oxygens (including phenoxy) is 1. The zero-order valence-electron chi connectivity index (χ0n) is 17.3. The summed E-state index contributed by atoms with van der Waals surface area (Å²) in [6.45, 7) is 6.18. The van der Waals surface area contributed by atoms with Crippen molar-refractivity contribution in [1.82, 2.24) is 9.47 Å². The number of ketones is 1. The highest BCUT2D eigenvalue weighted by Gasteiger charge is 2.30. The lowest BCUT2D eigenvalue weighted by atomic mass is 10.1. The van der Waals surface area contributed by atoms with Gasteiger partial charge in [-0.15, -0.1) is 11.3 Å². The molecule has 0 spiro atoms. The van der Waals surface area contributed by atoms with Crippen LogP contribution in [0.5, 0.6) is 0 Å². The first-order valence-corrected chi connectivity index (χ1v) is 10.6. The number of aromatic nitrogens is 1. The Morgan fingerprint density at radius 3 is 2.72 bits per heavy atom. The molecule has 29 heavy (non-hydrogen) atoms. The molecule has 0 bridgehead atoms. The molecule has 7 nitrogen and oxygen atoms in total. The number of carbonyl (C=O) groups is 3. The highest BCUT2D eigenvalue weighted by molar-refractivity contribution is 7.18. The fourth-order valence-electron chi connectivity index (χ4n) is 3.91. The molecule has 2 aromatic heterocycles. The van der Waals surface area contributed by atoms with Crippen LogP contribution in [0.15, 0.2) is 18.3 Å². The highest BCUT2D eigenvalue weighted by atomic mass is 32.1. The molecular formula is C21H27N3O4S. The van der Waals surface area contributed by atoms with Crippen LogP contribution in [-0.4, -0.2) is 46.8 Å². The second-order valence-corrected chi connectivity index (χ2v) is 8.28. The van der Waals surface area contributed by atoms with E-state index in [2.05, 4.69) is 20.9 Å². The highest BCUT2D eigenvalue weighted by Crippen LogP contribution is 2.35. The van der Waals surface area contributed by atoms with Crippen molar-refractivity contribution in [1.29, 1.82) is 0 Å². The molecule has 3 rings (SSSR count). The van der Waals surface area contributed by atoms with Gasteiger partial charge in [0.25, 0.3) is 0 Å². The van der Waals surface area contributed by atoms with Crippen LogP contribution in [0.25, 0.3) is 0 Å². The van der Waals surface area contributed by atoms with Crippen molar-refractivity contribution >= 4 is 34.0 Å². The molecule has 1 aliphatic heterocycles. The molecule has 0 saturated carbocycles. The number of hydrogen-bond donors (Lipinski definition) is 1. The van der Waals surface area contributed by atoms with Gasteiger partial charge in [-0.3, -0.25) is 14.5 Å². The molecule has 0 unspecified atom stereocenters. The summed E-state index contributed by atoms with van der Waals surface area (Å²) in [6, 6.07) is 4.29. The van der Waals surface area contributed by atoms with Crippen molar-refractivity contribution in [3.63, 3.8) is 0 Å². The standard InChI is InChI=1S/C21H27N3O4S/c1-5-28-21(27)18-13(2)19(14(3)25)29-20(18)22-17(26)12-24-11-7-9-16(24)15-8-6-10-23(15)4/h6,8,10,16H,5,7,9,11-12H2,1-4H3,(H,22,26)/t16-/m0/s1.